The number of ketones is 1. The van der Waals surface area contributed by atoms with Crippen molar-refractivity contribution in [3.8, 4) is 0 Å². The fourth-order valence-corrected chi connectivity index (χ4v) is 3.03. The summed E-state index contributed by atoms with van der Waals surface area (Å²) in [5, 5.41) is 11.4. The fourth-order valence-electron chi connectivity index (χ4n) is 1.38. The fraction of sp³-hybridized carbons (Fsp3) is 0.154. The molecule has 2 rings (SSSR count). The Balaban J connectivity index is 1.92. The Kier molecular flexibility index (Phi) is 5.40. The van der Waals surface area contributed by atoms with Crippen LogP contribution in [0.15, 0.2) is 35.2 Å². The molecular weight excluding hydrogens is 316 g/mol. The largest absolute Gasteiger partial charge is 0.357 e. The number of carbonyl (C=O) groups excluding carboxylic acids is 1. The van der Waals surface area contributed by atoms with E-state index in [4.69, 9.17) is 0 Å². The van der Waals surface area contributed by atoms with Crippen molar-refractivity contribution in [3.63, 3.8) is 0 Å². The minimum absolute atomic E-state index is 0.0845. The SMILES string of the molecule is C=CCNc1nnc(SCC(=O)c2ccc(F)c(F)c2)s1. The first-order valence-corrected chi connectivity index (χ1v) is 7.69. The molecule has 0 bridgehead atoms. The molecule has 0 fully saturated rings. The Morgan fingerprint density at radius 2 is 2.19 bits per heavy atom. The highest BCUT2D eigenvalue weighted by atomic mass is 32.2. The van der Waals surface area contributed by atoms with E-state index in [9.17, 15) is 13.6 Å². The number of halogens is 2. The normalized spacial score (nSPS) is 10.4. The standard InChI is InChI=1S/C13H11F2N3OS2/c1-2-5-16-12-17-18-13(21-12)20-7-11(19)8-3-4-9(14)10(15)6-8/h2-4,6H,1,5,7H2,(H,16,17). The first kappa shape index (κ1) is 15.6. The zero-order valence-corrected chi connectivity index (χ0v) is 12.4. The first-order valence-electron chi connectivity index (χ1n) is 5.89. The monoisotopic (exact) mass is 327 g/mol. The Labute approximate surface area is 128 Å². The summed E-state index contributed by atoms with van der Waals surface area (Å²) in [5.74, 6) is -2.21. The predicted molar refractivity (Wildman–Crippen MR) is 80.0 cm³/mol. The number of hydrogen-bond donors (Lipinski definition) is 1. The maximum atomic E-state index is 13.1. The molecule has 1 heterocycles. The van der Waals surface area contributed by atoms with Crippen LogP contribution in [0.25, 0.3) is 0 Å². The van der Waals surface area contributed by atoms with Crippen LogP contribution < -0.4 is 5.32 Å². The van der Waals surface area contributed by atoms with Crippen LogP contribution in [0, 0.1) is 11.6 Å². The van der Waals surface area contributed by atoms with Gasteiger partial charge in [-0.15, -0.1) is 16.8 Å². The molecule has 1 N–H and O–H groups in total. The maximum Gasteiger partial charge on any atom is 0.206 e. The van der Waals surface area contributed by atoms with Gasteiger partial charge in [-0.1, -0.05) is 29.2 Å². The molecule has 1 aromatic carbocycles. The summed E-state index contributed by atoms with van der Waals surface area (Å²) >= 11 is 2.51. The second-order valence-corrected chi connectivity index (χ2v) is 6.08. The van der Waals surface area contributed by atoms with Gasteiger partial charge in [0.05, 0.1) is 5.75 Å². The molecule has 0 radical (unpaired) electrons. The van der Waals surface area contributed by atoms with Gasteiger partial charge in [0, 0.05) is 12.1 Å². The van der Waals surface area contributed by atoms with Crippen LogP contribution in [-0.4, -0.2) is 28.3 Å². The molecule has 0 aliphatic rings. The lowest BCUT2D eigenvalue weighted by Gasteiger charge is -2.00. The first-order chi connectivity index (χ1) is 10.1. The molecule has 0 spiro atoms. The van der Waals surface area contributed by atoms with Gasteiger partial charge in [-0.3, -0.25) is 4.79 Å². The smallest absolute Gasteiger partial charge is 0.206 e. The molecule has 0 unspecified atom stereocenters. The molecular formula is C13H11F2N3OS2. The van der Waals surface area contributed by atoms with E-state index < -0.39 is 11.6 Å². The lowest BCUT2D eigenvalue weighted by atomic mass is 10.1. The van der Waals surface area contributed by atoms with Crippen LogP contribution in [-0.2, 0) is 0 Å². The van der Waals surface area contributed by atoms with Crippen molar-refractivity contribution in [1.82, 2.24) is 10.2 Å². The molecule has 0 atom stereocenters. The highest BCUT2D eigenvalue weighted by Crippen LogP contribution is 2.26. The topological polar surface area (TPSA) is 54.9 Å². The molecule has 0 aliphatic carbocycles. The number of Topliss-reactive ketones (excluding diaryl/α,β-unsaturated/α-hetero) is 1. The average Bonchev–Trinajstić information content (AvgIpc) is 2.93. The highest BCUT2D eigenvalue weighted by Gasteiger charge is 2.12. The third-order valence-corrected chi connectivity index (χ3v) is 4.39. The third kappa shape index (κ3) is 4.33. The molecule has 8 heteroatoms. The Hall–Kier alpha value is -1.80. The van der Waals surface area contributed by atoms with Crippen molar-refractivity contribution in [1.29, 1.82) is 0 Å². The van der Waals surface area contributed by atoms with Crippen molar-refractivity contribution in [3.05, 3.63) is 48.1 Å². The van der Waals surface area contributed by atoms with Crippen LogP contribution in [0.2, 0.25) is 0 Å². The van der Waals surface area contributed by atoms with Gasteiger partial charge in [-0.2, -0.15) is 0 Å². The second kappa shape index (κ2) is 7.28. The summed E-state index contributed by atoms with van der Waals surface area (Å²) in [4.78, 5) is 11.9. The minimum atomic E-state index is -1.03. The lowest BCUT2D eigenvalue weighted by molar-refractivity contribution is 0.102. The number of carbonyl (C=O) groups is 1. The van der Waals surface area contributed by atoms with Crippen molar-refractivity contribution in [2.24, 2.45) is 0 Å². The van der Waals surface area contributed by atoms with E-state index in [1.807, 2.05) is 0 Å². The number of hydrogen-bond acceptors (Lipinski definition) is 6. The Morgan fingerprint density at radius 3 is 2.90 bits per heavy atom. The summed E-state index contributed by atoms with van der Waals surface area (Å²) in [6, 6.07) is 3.10. The van der Waals surface area contributed by atoms with E-state index >= 15 is 0 Å². The van der Waals surface area contributed by atoms with Gasteiger partial charge < -0.3 is 5.32 Å². The molecule has 0 aliphatic heterocycles. The summed E-state index contributed by atoms with van der Waals surface area (Å²) in [6.07, 6.45) is 1.70. The summed E-state index contributed by atoms with van der Waals surface area (Å²) in [6.45, 7) is 4.15. The average molecular weight is 327 g/mol. The van der Waals surface area contributed by atoms with E-state index in [2.05, 4.69) is 22.1 Å². The van der Waals surface area contributed by atoms with Crippen molar-refractivity contribution in [2.75, 3.05) is 17.6 Å². The number of thioether (sulfide) groups is 1. The van der Waals surface area contributed by atoms with Crippen molar-refractivity contribution >= 4 is 34.0 Å². The highest BCUT2D eigenvalue weighted by molar-refractivity contribution is 8.01. The number of aromatic nitrogens is 2. The molecule has 0 saturated carbocycles. The molecule has 0 saturated heterocycles. The summed E-state index contributed by atoms with van der Waals surface area (Å²) in [7, 11) is 0. The number of benzene rings is 1. The minimum Gasteiger partial charge on any atom is -0.357 e. The molecule has 0 amide bonds. The lowest BCUT2D eigenvalue weighted by Crippen LogP contribution is -2.03. The number of rotatable bonds is 7. The molecule has 21 heavy (non-hydrogen) atoms. The van der Waals surface area contributed by atoms with E-state index in [0.717, 1.165) is 12.1 Å². The van der Waals surface area contributed by atoms with Gasteiger partial charge in [0.25, 0.3) is 0 Å². The zero-order valence-electron chi connectivity index (χ0n) is 10.8. The van der Waals surface area contributed by atoms with Crippen LogP contribution in [0.3, 0.4) is 0 Å². The van der Waals surface area contributed by atoms with Gasteiger partial charge in [0.1, 0.15) is 0 Å². The van der Waals surface area contributed by atoms with Crippen LogP contribution in [0.1, 0.15) is 10.4 Å². The van der Waals surface area contributed by atoms with E-state index in [0.29, 0.717) is 16.0 Å². The van der Waals surface area contributed by atoms with E-state index in [1.165, 1.54) is 29.2 Å². The molecule has 4 nitrogen and oxygen atoms in total. The van der Waals surface area contributed by atoms with Crippen molar-refractivity contribution in [2.45, 2.75) is 4.34 Å². The van der Waals surface area contributed by atoms with Gasteiger partial charge in [-0.05, 0) is 18.2 Å². The summed E-state index contributed by atoms with van der Waals surface area (Å²) < 4.78 is 26.5. The van der Waals surface area contributed by atoms with Crippen LogP contribution in [0.4, 0.5) is 13.9 Å². The number of nitrogens with one attached hydrogen (secondary N) is 1. The quantitative estimate of drug-likeness (QED) is 0.480. The van der Waals surface area contributed by atoms with Gasteiger partial charge in [0.2, 0.25) is 5.13 Å². The van der Waals surface area contributed by atoms with Crippen LogP contribution >= 0.6 is 23.1 Å². The third-order valence-electron chi connectivity index (χ3n) is 2.37. The number of nitrogens with zero attached hydrogens (tertiary/aromatic N) is 2. The Morgan fingerprint density at radius 1 is 1.38 bits per heavy atom. The number of anilines is 1. The maximum absolute atomic E-state index is 13.1. The predicted octanol–water partition coefficient (Wildman–Crippen LogP) is 3.39. The summed E-state index contributed by atoms with van der Waals surface area (Å²) in [5.41, 5.74) is 0.135. The molecule has 2 aromatic rings. The van der Waals surface area contributed by atoms with Gasteiger partial charge in [-0.25, -0.2) is 8.78 Å². The van der Waals surface area contributed by atoms with E-state index in [-0.39, 0.29) is 17.1 Å². The molecule has 1 aromatic heterocycles. The Bertz CT molecular complexity index is 661. The van der Waals surface area contributed by atoms with Gasteiger partial charge >= 0.3 is 0 Å². The van der Waals surface area contributed by atoms with Gasteiger partial charge in [0.15, 0.2) is 21.8 Å². The second-order valence-electron chi connectivity index (χ2n) is 3.88. The van der Waals surface area contributed by atoms with E-state index in [1.54, 1.807) is 6.08 Å². The van der Waals surface area contributed by atoms with Crippen molar-refractivity contribution < 1.29 is 13.6 Å². The zero-order chi connectivity index (χ0) is 15.2. The molecule has 110 valence electrons. The van der Waals surface area contributed by atoms with Crippen LogP contribution in [0.5, 0.6) is 0 Å².